The van der Waals surface area contributed by atoms with Crippen molar-refractivity contribution in [2.45, 2.75) is 31.6 Å². The molecule has 1 aliphatic rings. The standard InChI is InChI=1S/C14H12BrCl2N3S/c15-10-11(7-3-1-2-4-7)19-13(20-14(10)21)12-9(17)5-8(16)6-18-12/h5-7H,1-4H2,(H,19,20,21). The molecule has 21 heavy (non-hydrogen) atoms. The van der Waals surface area contributed by atoms with E-state index < -0.39 is 0 Å². The van der Waals surface area contributed by atoms with Gasteiger partial charge in [-0.05, 0) is 34.8 Å². The molecule has 0 radical (unpaired) electrons. The maximum Gasteiger partial charge on any atom is 0.159 e. The zero-order valence-corrected chi connectivity index (χ0v) is 14.9. The first-order valence-corrected chi connectivity index (χ1v) is 8.63. The second-order valence-electron chi connectivity index (χ2n) is 5.08. The molecule has 0 unspecified atom stereocenters. The van der Waals surface area contributed by atoms with Gasteiger partial charge in [0.25, 0.3) is 0 Å². The first kappa shape index (κ1) is 15.4. The molecule has 0 saturated heterocycles. The lowest BCUT2D eigenvalue weighted by molar-refractivity contribution is 0.689. The first-order chi connectivity index (χ1) is 10.1. The normalized spacial score (nSPS) is 15.6. The number of aromatic amines is 1. The van der Waals surface area contributed by atoms with Crippen LogP contribution in [0.4, 0.5) is 0 Å². The van der Waals surface area contributed by atoms with Crippen molar-refractivity contribution in [3.63, 3.8) is 0 Å². The fourth-order valence-corrected chi connectivity index (χ4v) is 3.86. The Hall–Kier alpha value is -0.490. The molecule has 1 N–H and O–H groups in total. The molecule has 7 heteroatoms. The predicted octanol–water partition coefficient (Wildman–Crippen LogP) is 5.93. The van der Waals surface area contributed by atoms with Crippen LogP contribution in [0.1, 0.15) is 37.3 Å². The topological polar surface area (TPSA) is 41.6 Å². The number of pyridine rings is 1. The number of aromatic nitrogens is 3. The number of hydrogen-bond donors (Lipinski definition) is 1. The summed E-state index contributed by atoms with van der Waals surface area (Å²) in [6.45, 7) is 0. The summed E-state index contributed by atoms with van der Waals surface area (Å²) >= 11 is 21.0. The summed E-state index contributed by atoms with van der Waals surface area (Å²) in [4.78, 5) is 12.0. The largest absolute Gasteiger partial charge is 0.340 e. The summed E-state index contributed by atoms with van der Waals surface area (Å²) in [6, 6.07) is 1.65. The molecule has 2 aromatic heterocycles. The Morgan fingerprint density at radius 2 is 2.00 bits per heavy atom. The molecular weight excluding hydrogens is 393 g/mol. The highest BCUT2D eigenvalue weighted by Gasteiger charge is 2.22. The lowest BCUT2D eigenvalue weighted by Crippen LogP contribution is -2.03. The molecule has 0 spiro atoms. The highest BCUT2D eigenvalue weighted by molar-refractivity contribution is 9.10. The summed E-state index contributed by atoms with van der Waals surface area (Å²) in [7, 11) is 0. The van der Waals surface area contributed by atoms with Gasteiger partial charge in [-0.15, -0.1) is 0 Å². The molecule has 110 valence electrons. The van der Waals surface area contributed by atoms with Gasteiger partial charge in [-0.3, -0.25) is 0 Å². The van der Waals surface area contributed by atoms with Crippen LogP contribution in [0.25, 0.3) is 11.5 Å². The fourth-order valence-electron chi connectivity index (χ4n) is 2.67. The van der Waals surface area contributed by atoms with Crippen LogP contribution in [0.2, 0.25) is 10.0 Å². The number of halogens is 3. The van der Waals surface area contributed by atoms with Crippen LogP contribution in [-0.2, 0) is 0 Å². The van der Waals surface area contributed by atoms with E-state index in [1.165, 1.54) is 12.8 Å². The zero-order chi connectivity index (χ0) is 15.0. The Kier molecular flexibility index (Phi) is 4.64. The third kappa shape index (κ3) is 3.16. The van der Waals surface area contributed by atoms with Gasteiger partial charge < -0.3 is 4.98 Å². The van der Waals surface area contributed by atoms with Gasteiger partial charge in [0, 0.05) is 17.8 Å². The van der Waals surface area contributed by atoms with Gasteiger partial charge in [0.1, 0.15) is 10.3 Å². The Bertz CT molecular complexity index is 741. The van der Waals surface area contributed by atoms with Crippen molar-refractivity contribution in [3.8, 4) is 11.5 Å². The summed E-state index contributed by atoms with van der Waals surface area (Å²) in [5, 5.41) is 0.954. The van der Waals surface area contributed by atoms with E-state index in [0.717, 1.165) is 23.0 Å². The van der Waals surface area contributed by atoms with Gasteiger partial charge in [-0.25, -0.2) is 9.97 Å². The molecule has 0 aromatic carbocycles. The number of hydrogen-bond acceptors (Lipinski definition) is 3. The Morgan fingerprint density at radius 3 is 2.67 bits per heavy atom. The lowest BCUT2D eigenvalue weighted by Gasteiger charge is -2.14. The average molecular weight is 405 g/mol. The molecule has 1 saturated carbocycles. The molecule has 2 aromatic rings. The number of H-pyrrole nitrogens is 1. The van der Waals surface area contributed by atoms with Crippen LogP contribution in [0.15, 0.2) is 16.7 Å². The molecule has 0 atom stereocenters. The van der Waals surface area contributed by atoms with Crippen LogP contribution in [-0.4, -0.2) is 15.0 Å². The van der Waals surface area contributed by atoms with Crippen LogP contribution >= 0.6 is 51.3 Å². The van der Waals surface area contributed by atoms with E-state index in [1.54, 1.807) is 12.3 Å². The third-order valence-electron chi connectivity index (χ3n) is 3.69. The Morgan fingerprint density at radius 1 is 1.29 bits per heavy atom. The summed E-state index contributed by atoms with van der Waals surface area (Å²) in [5.41, 5.74) is 1.66. The van der Waals surface area contributed by atoms with Gasteiger partial charge >= 0.3 is 0 Å². The Labute approximate surface area is 146 Å². The summed E-state index contributed by atoms with van der Waals surface area (Å²) < 4.78 is 1.40. The van der Waals surface area contributed by atoms with Gasteiger partial charge in [-0.1, -0.05) is 48.3 Å². The minimum absolute atomic E-state index is 0.459. The lowest BCUT2D eigenvalue weighted by atomic mass is 10.0. The molecule has 1 fully saturated rings. The molecule has 0 amide bonds. The van der Waals surface area contributed by atoms with Crippen molar-refractivity contribution >= 4 is 51.3 Å². The van der Waals surface area contributed by atoms with Crippen molar-refractivity contribution in [1.82, 2.24) is 15.0 Å². The van der Waals surface area contributed by atoms with Crippen LogP contribution in [0.5, 0.6) is 0 Å². The molecule has 0 bridgehead atoms. The zero-order valence-electron chi connectivity index (χ0n) is 11.0. The van der Waals surface area contributed by atoms with Gasteiger partial charge in [0.15, 0.2) is 5.82 Å². The maximum atomic E-state index is 6.22. The SMILES string of the molecule is S=c1nc(-c2ncc(Cl)cc2Cl)[nH]c(C2CCCC2)c1Br. The van der Waals surface area contributed by atoms with Gasteiger partial charge in [-0.2, -0.15) is 0 Å². The van der Waals surface area contributed by atoms with Crippen molar-refractivity contribution in [2.75, 3.05) is 0 Å². The first-order valence-electron chi connectivity index (χ1n) is 6.67. The van der Waals surface area contributed by atoms with E-state index in [0.29, 0.717) is 32.1 Å². The highest BCUT2D eigenvalue weighted by atomic mass is 79.9. The van der Waals surface area contributed by atoms with E-state index in [2.05, 4.69) is 30.9 Å². The molecule has 0 aliphatic heterocycles. The highest BCUT2D eigenvalue weighted by Crippen LogP contribution is 2.38. The smallest absolute Gasteiger partial charge is 0.159 e. The van der Waals surface area contributed by atoms with E-state index in [-0.39, 0.29) is 0 Å². The summed E-state index contributed by atoms with van der Waals surface area (Å²) in [6.07, 6.45) is 6.37. The van der Waals surface area contributed by atoms with Crippen molar-refractivity contribution in [3.05, 3.63) is 37.1 Å². The monoisotopic (exact) mass is 403 g/mol. The van der Waals surface area contributed by atoms with E-state index in [1.807, 2.05) is 0 Å². The van der Waals surface area contributed by atoms with Gasteiger partial charge in [0.2, 0.25) is 0 Å². The fraction of sp³-hybridized carbons (Fsp3) is 0.357. The number of nitrogens with one attached hydrogen (secondary N) is 1. The molecule has 1 aliphatic carbocycles. The summed E-state index contributed by atoms with van der Waals surface area (Å²) in [5.74, 6) is 1.07. The van der Waals surface area contributed by atoms with Crippen LogP contribution in [0, 0.1) is 4.64 Å². The quantitative estimate of drug-likeness (QED) is 0.630. The second-order valence-corrected chi connectivity index (χ2v) is 7.11. The van der Waals surface area contributed by atoms with Crippen molar-refractivity contribution < 1.29 is 0 Å². The second kappa shape index (κ2) is 6.32. The van der Waals surface area contributed by atoms with E-state index in [4.69, 9.17) is 35.4 Å². The average Bonchev–Trinajstić information content (AvgIpc) is 2.96. The number of nitrogens with zero attached hydrogens (tertiary/aromatic N) is 2. The number of rotatable bonds is 2. The van der Waals surface area contributed by atoms with Gasteiger partial charge in [0.05, 0.1) is 14.5 Å². The maximum absolute atomic E-state index is 6.22. The molecular formula is C14H12BrCl2N3S. The predicted molar refractivity (Wildman–Crippen MR) is 91.6 cm³/mol. The minimum atomic E-state index is 0.459. The van der Waals surface area contributed by atoms with Crippen molar-refractivity contribution in [1.29, 1.82) is 0 Å². The Balaban J connectivity index is 2.13. The van der Waals surface area contributed by atoms with Crippen LogP contribution in [0.3, 0.4) is 0 Å². The third-order valence-corrected chi connectivity index (χ3v) is 5.54. The molecule has 2 heterocycles. The van der Waals surface area contributed by atoms with Crippen molar-refractivity contribution in [2.24, 2.45) is 0 Å². The van der Waals surface area contributed by atoms with E-state index in [9.17, 15) is 0 Å². The molecule has 3 rings (SSSR count). The van der Waals surface area contributed by atoms with Crippen LogP contribution < -0.4 is 0 Å². The van der Waals surface area contributed by atoms with E-state index >= 15 is 0 Å². The minimum Gasteiger partial charge on any atom is -0.340 e. The molecule has 3 nitrogen and oxygen atoms in total.